The highest BCUT2D eigenvalue weighted by molar-refractivity contribution is 7.95. The molecule has 0 bridgehead atoms. The van der Waals surface area contributed by atoms with Crippen molar-refractivity contribution in [1.29, 1.82) is 0 Å². The Bertz CT molecular complexity index is 1550. The van der Waals surface area contributed by atoms with Crippen molar-refractivity contribution in [2.75, 3.05) is 18.4 Å². The largest absolute Gasteiger partial charge is 0.495 e. The topological polar surface area (TPSA) is 113 Å². The van der Waals surface area contributed by atoms with Gasteiger partial charge in [-0.1, -0.05) is 35.8 Å². The van der Waals surface area contributed by atoms with Crippen LogP contribution in [0, 0.1) is 5.92 Å². The molecule has 42 heavy (non-hydrogen) atoms. The predicted octanol–water partition coefficient (Wildman–Crippen LogP) is 6.81. The lowest BCUT2D eigenvalue weighted by Crippen LogP contribution is -2.16. The number of anilines is 1. The molecule has 1 aromatic heterocycles. The first kappa shape index (κ1) is 31.3. The number of hydrogen-bond acceptors (Lipinski definition) is 8. The van der Waals surface area contributed by atoms with E-state index in [1.807, 2.05) is 0 Å². The minimum absolute atomic E-state index is 0.0163. The number of pyridine rings is 1. The van der Waals surface area contributed by atoms with Crippen molar-refractivity contribution in [2.45, 2.75) is 32.0 Å². The first-order chi connectivity index (χ1) is 20.0. The summed E-state index contributed by atoms with van der Waals surface area (Å²) in [6, 6.07) is 8.24. The molecule has 1 N–H and O–H groups in total. The monoisotopic (exact) mass is 642 g/mol. The van der Waals surface area contributed by atoms with Crippen molar-refractivity contribution in [3.63, 3.8) is 0 Å². The molecule has 1 aliphatic carbocycles. The SMILES string of the molecule is C=CS(=O)(=O)Nc1cc(C(=O)O[C@@H](Cc2c(Cl)cncc2Cl)c2ccc(OC(F)F)c(OCC3CC3)c2)ccc1OC. The van der Waals surface area contributed by atoms with Crippen LogP contribution in [0.1, 0.15) is 40.4 Å². The van der Waals surface area contributed by atoms with E-state index in [-0.39, 0.29) is 45.0 Å². The number of benzene rings is 2. The number of halogens is 4. The molecule has 1 atom stereocenters. The van der Waals surface area contributed by atoms with Crippen LogP contribution in [0.5, 0.6) is 17.2 Å². The molecule has 0 radical (unpaired) electrons. The summed E-state index contributed by atoms with van der Waals surface area (Å²) in [7, 11) is -2.59. The van der Waals surface area contributed by atoms with Crippen LogP contribution < -0.4 is 18.9 Å². The minimum Gasteiger partial charge on any atom is -0.495 e. The third-order valence-electron chi connectivity index (χ3n) is 6.23. The van der Waals surface area contributed by atoms with Crippen molar-refractivity contribution in [3.05, 3.63) is 87.5 Å². The van der Waals surface area contributed by atoms with E-state index in [9.17, 15) is 22.0 Å². The molecule has 4 rings (SSSR count). The molecule has 3 aromatic rings. The molecule has 2 aromatic carbocycles. The number of aromatic nitrogens is 1. The van der Waals surface area contributed by atoms with Gasteiger partial charge in [-0.15, -0.1) is 0 Å². The summed E-state index contributed by atoms with van der Waals surface area (Å²) in [5.74, 6) is -0.488. The van der Waals surface area contributed by atoms with Crippen molar-refractivity contribution in [1.82, 2.24) is 4.98 Å². The van der Waals surface area contributed by atoms with Gasteiger partial charge < -0.3 is 18.9 Å². The van der Waals surface area contributed by atoms with Crippen molar-refractivity contribution in [3.8, 4) is 17.2 Å². The zero-order valence-corrected chi connectivity index (χ0v) is 24.5. The van der Waals surface area contributed by atoms with E-state index in [0.29, 0.717) is 29.1 Å². The lowest BCUT2D eigenvalue weighted by atomic mass is 10.0. The van der Waals surface area contributed by atoms with Crippen molar-refractivity contribution in [2.24, 2.45) is 5.92 Å². The fourth-order valence-electron chi connectivity index (χ4n) is 3.88. The van der Waals surface area contributed by atoms with Crippen LogP contribution in [-0.2, 0) is 21.2 Å². The highest BCUT2D eigenvalue weighted by atomic mass is 35.5. The number of alkyl halides is 2. The van der Waals surface area contributed by atoms with Crippen LogP contribution in [-0.4, -0.2) is 39.7 Å². The highest BCUT2D eigenvalue weighted by Gasteiger charge is 2.26. The molecular formula is C28H26Cl2F2N2O7S. The second-order valence-corrected chi connectivity index (χ2v) is 11.7. The van der Waals surface area contributed by atoms with E-state index in [1.165, 1.54) is 55.9 Å². The number of nitrogens with zero attached hydrogens (tertiary/aromatic N) is 1. The fourth-order valence-corrected chi connectivity index (χ4v) is 4.94. The van der Waals surface area contributed by atoms with Gasteiger partial charge in [0.25, 0.3) is 10.0 Å². The summed E-state index contributed by atoms with van der Waals surface area (Å²) >= 11 is 12.7. The van der Waals surface area contributed by atoms with Crippen molar-refractivity contribution >= 4 is 44.9 Å². The van der Waals surface area contributed by atoms with Crippen LogP contribution >= 0.6 is 23.2 Å². The molecule has 224 valence electrons. The third-order valence-corrected chi connectivity index (χ3v) is 7.82. The van der Waals surface area contributed by atoms with Crippen LogP contribution in [0.25, 0.3) is 0 Å². The molecule has 0 amide bonds. The molecule has 1 saturated carbocycles. The van der Waals surface area contributed by atoms with Gasteiger partial charge in [0, 0.05) is 24.2 Å². The van der Waals surface area contributed by atoms with Gasteiger partial charge in [-0.05, 0) is 60.2 Å². The lowest BCUT2D eigenvalue weighted by molar-refractivity contribution is -0.0515. The van der Waals surface area contributed by atoms with Gasteiger partial charge >= 0.3 is 12.6 Å². The summed E-state index contributed by atoms with van der Waals surface area (Å²) < 4.78 is 74.1. The Morgan fingerprint density at radius 3 is 2.43 bits per heavy atom. The molecule has 0 unspecified atom stereocenters. The zero-order chi connectivity index (χ0) is 30.4. The van der Waals surface area contributed by atoms with Gasteiger partial charge in [0.15, 0.2) is 11.5 Å². The molecule has 0 spiro atoms. The van der Waals surface area contributed by atoms with Gasteiger partial charge in [-0.25, -0.2) is 13.2 Å². The van der Waals surface area contributed by atoms with Gasteiger partial charge in [0.2, 0.25) is 0 Å². The van der Waals surface area contributed by atoms with Crippen LogP contribution in [0.3, 0.4) is 0 Å². The zero-order valence-electron chi connectivity index (χ0n) is 22.2. The Labute approximate surface area is 251 Å². The fraction of sp³-hybridized carbons (Fsp3) is 0.286. The summed E-state index contributed by atoms with van der Waals surface area (Å²) in [5.41, 5.74) is 0.764. The smallest absolute Gasteiger partial charge is 0.387 e. The predicted molar refractivity (Wildman–Crippen MR) is 153 cm³/mol. The summed E-state index contributed by atoms with van der Waals surface area (Å²) in [6.45, 7) is 0.486. The second kappa shape index (κ2) is 13.6. The van der Waals surface area contributed by atoms with E-state index in [2.05, 4.69) is 21.0 Å². The summed E-state index contributed by atoms with van der Waals surface area (Å²) in [4.78, 5) is 17.3. The normalized spacial score (nSPS) is 13.8. The number of rotatable bonds is 14. The number of sulfonamides is 1. The van der Waals surface area contributed by atoms with Crippen molar-refractivity contribution < 1.29 is 40.9 Å². The Morgan fingerprint density at radius 1 is 1.12 bits per heavy atom. The van der Waals surface area contributed by atoms with Crippen LogP contribution in [0.2, 0.25) is 10.0 Å². The number of carbonyl (C=O) groups is 1. The number of methoxy groups -OCH3 is 1. The molecule has 9 nitrogen and oxygen atoms in total. The molecular weight excluding hydrogens is 617 g/mol. The van der Waals surface area contributed by atoms with Gasteiger partial charge in [0.05, 0.1) is 35.0 Å². The number of nitrogens with one attached hydrogen (secondary N) is 1. The van der Waals surface area contributed by atoms with E-state index in [1.54, 1.807) is 0 Å². The number of carbonyl (C=O) groups excluding carboxylic acids is 1. The molecule has 1 fully saturated rings. The molecule has 1 aliphatic rings. The molecule has 0 aliphatic heterocycles. The van der Waals surface area contributed by atoms with E-state index >= 15 is 0 Å². The van der Waals surface area contributed by atoms with Crippen LogP contribution in [0.15, 0.2) is 60.8 Å². The van der Waals surface area contributed by atoms with Gasteiger partial charge in [0.1, 0.15) is 11.9 Å². The van der Waals surface area contributed by atoms with Crippen LogP contribution in [0.4, 0.5) is 14.5 Å². The maximum Gasteiger partial charge on any atom is 0.387 e. The van der Waals surface area contributed by atoms with E-state index in [4.69, 9.17) is 37.4 Å². The minimum atomic E-state index is -3.92. The number of ether oxygens (including phenoxy) is 4. The Balaban J connectivity index is 1.70. The lowest BCUT2D eigenvalue weighted by Gasteiger charge is -2.22. The Morgan fingerprint density at radius 2 is 1.81 bits per heavy atom. The summed E-state index contributed by atoms with van der Waals surface area (Å²) in [5, 5.41) is 1.15. The second-order valence-electron chi connectivity index (χ2n) is 9.25. The summed E-state index contributed by atoms with van der Waals surface area (Å²) in [6.07, 6.45) is 3.64. The number of esters is 1. The molecule has 14 heteroatoms. The highest BCUT2D eigenvalue weighted by Crippen LogP contribution is 2.38. The molecule has 1 heterocycles. The quantitative estimate of drug-likeness (QED) is 0.191. The van der Waals surface area contributed by atoms with E-state index in [0.717, 1.165) is 12.8 Å². The first-order valence-electron chi connectivity index (χ1n) is 12.5. The maximum atomic E-state index is 13.4. The average molecular weight is 643 g/mol. The number of hydrogen-bond donors (Lipinski definition) is 1. The van der Waals surface area contributed by atoms with Gasteiger partial charge in [-0.2, -0.15) is 8.78 Å². The Hall–Kier alpha value is -3.61. The maximum absolute atomic E-state index is 13.4. The average Bonchev–Trinajstić information content (AvgIpc) is 3.78. The van der Waals surface area contributed by atoms with Gasteiger partial charge in [-0.3, -0.25) is 9.71 Å². The Kier molecular flexibility index (Phi) is 10.1. The first-order valence-corrected chi connectivity index (χ1v) is 14.8. The van der Waals surface area contributed by atoms with E-state index < -0.39 is 28.7 Å². The third kappa shape index (κ3) is 8.24. The molecule has 0 saturated heterocycles. The standard InChI is InChI=1S/C28H26Cl2F2N2O7S/c1-3-42(36,37)34-22-10-18(7-8-23(22)38-2)27(35)40-25(12-19-20(29)13-33-14-21(19)30)17-6-9-24(41-28(31)32)26(11-17)39-15-16-4-5-16/h3,6-11,13-14,16,25,28,34H,1,4-5,12,15H2,2H3/t25-/m0/s1.